The highest BCUT2D eigenvalue weighted by Crippen LogP contribution is 2.15. The Bertz CT molecular complexity index is 674. The molecule has 0 spiro atoms. The molecule has 0 aliphatic carbocycles. The van der Waals surface area contributed by atoms with Gasteiger partial charge in [0, 0.05) is 25.9 Å². The zero-order valence-electron chi connectivity index (χ0n) is 13.5. The zero-order chi connectivity index (χ0) is 17.2. The topological polar surface area (TPSA) is 79.5 Å². The Balaban J connectivity index is 1.97. The van der Waals surface area contributed by atoms with Gasteiger partial charge in [0.15, 0.2) is 0 Å². The van der Waals surface area contributed by atoms with Crippen LogP contribution in [0.1, 0.15) is 16.8 Å². The number of carbonyl (C=O) groups is 2. The molecule has 0 heterocycles. The van der Waals surface area contributed by atoms with E-state index >= 15 is 0 Å². The molecule has 2 aromatic rings. The predicted molar refractivity (Wildman–Crippen MR) is 94.4 cm³/mol. The van der Waals surface area contributed by atoms with Crippen molar-refractivity contribution in [2.75, 3.05) is 30.9 Å². The molecule has 126 valence electrons. The molecule has 2 rings (SSSR count). The van der Waals surface area contributed by atoms with Gasteiger partial charge in [0.25, 0.3) is 5.91 Å². The number of amides is 3. The number of anilines is 2. The first-order chi connectivity index (χ1) is 11.7. The van der Waals surface area contributed by atoms with Gasteiger partial charge in [0.05, 0.1) is 11.3 Å². The summed E-state index contributed by atoms with van der Waals surface area (Å²) in [5.41, 5.74) is 1.55. The number of carbonyl (C=O) groups excluding carboxylic acids is 2. The summed E-state index contributed by atoms with van der Waals surface area (Å²) in [5.74, 6) is -0.235. The van der Waals surface area contributed by atoms with Gasteiger partial charge in [-0.15, -0.1) is 0 Å². The van der Waals surface area contributed by atoms with E-state index in [9.17, 15) is 9.59 Å². The maximum atomic E-state index is 12.2. The Morgan fingerprint density at radius 2 is 1.67 bits per heavy atom. The van der Waals surface area contributed by atoms with Crippen molar-refractivity contribution in [3.8, 4) is 0 Å². The van der Waals surface area contributed by atoms with E-state index in [1.807, 2.05) is 18.2 Å². The molecule has 3 N–H and O–H groups in total. The summed E-state index contributed by atoms with van der Waals surface area (Å²) >= 11 is 0. The highest BCUT2D eigenvalue weighted by molar-refractivity contribution is 6.06. The average molecular weight is 327 g/mol. The van der Waals surface area contributed by atoms with Crippen LogP contribution in [0.2, 0.25) is 0 Å². The zero-order valence-corrected chi connectivity index (χ0v) is 13.5. The van der Waals surface area contributed by atoms with Gasteiger partial charge in [-0.2, -0.15) is 0 Å². The van der Waals surface area contributed by atoms with Crippen molar-refractivity contribution < 1.29 is 14.3 Å². The summed E-state index contributed by atoms with van der Waals surface area (Å²) in [7, 11) is 1.62. The van der Waals surface area contributed by atoms with Gasteiger partial charge in [-0.1, -0.05) is 30.3 Å². The maximum absolute atomic E-state index is 12.2. The van der Waals surface area contributed by atoms with Crippen LogP contribution in [0.4, 0.5) is 16.2 Å². The number of benzene rings is 2. The number of urea groups is 1. The molecular weight excluding hydrogens is 306 g/mol. The lowest BCUT2D eigenvalue weighted by Gasteiger charge is -2.12. The van der Waals surface area contributed by atoms with E-state index in [1.54, 1.807) is 43.5 Å². The van der Waals surface area contributed by atoms with Crippen molar-refractivity contribution in [2.45, 2.75) is 6.42 Å². The molecule has 0 atom stereocenters. The molecule has 0 aromatic heterocycles. The van der Waals surface area contributed by atoms with Crippen molar-refractivity contribution in [3.63, 3.8) is 0 Å². The van der Waals surface area contributed by atoms with E-state index in [1.165, 1.54) is 0 Å². The van der Waals surface area contributed by atoms with Gasteiger partial charge in [-0.25, -0.2) is 4.79 Å². The van der Waals surface area contributed by atoms with Crippen LogP contribution in [-0.4, -0.2) is 32.2 Å². The first-order valence-electron chi connectivity index (χ1n) is 7.70. The van der Waals surface area contributed by atoms with Crippen LogP contribution in [0.3, 0.4) is 0 Å². The van der Waals surface area contributed by atoms with Gasteiger partial charge in [-0.3, -0.25) is 4.79 Å². The standard InChI is InChI=1S/C18H21N3O3/c1-24-13-7-12-19-17(22)15-10-5-6-11-16(15)21-18(23)20-14-8-3-2-4-9-14/h2-6,8-11H,7,12-13H2,1H3,(H,19,22)(H2,20,21,23). The summed E-state index contributed by atoms with van der Waals surface area (Å²) in [4.78, 5) is 24.3. The monoisotopic (exact) mass is 327 g/mol. The van der Waals surface area contributed by atoms with Gasteiger partial charge in [0.1, 0.15) is 0 Å². The fourth-order valence-corrected chi connectivity index (χ4v) is 2.11. The Kier molecular flexibility index (Phi) is 6.79. The van der Waals surface area contributed by atoms with Crippen molar-refractivity contribution in [3.05, 3.63) is 60.2 Å². The minimum atomic E-state index is -0.402. The van der Waals surface area contributed by atoms with Crippen LogP contribution in [0.5, 0.6) is 0 Å². The number of ether oxygens (including phenoxy) is 1. The molecule has 0 bridgehead atoms. The molecule has 0 radical (unpaired) electrons. The number of para-hydroxylation sites is 2. The number of nitrogens with one attached hydrogen (secondary N) is 3. The van der Waals surface area contributed by atoms with E-state index in [-0.39, 0.29) is 5.91 Å². The molecule has 0 saturated carbocycles. The fourth-order valence-electron chi connectivity index (χ4n) is 2.11. The normalized spacial score (nSPS) is 10.0. The minimum absolute atomic E-state index is 0.235. The van der Waals surface area contributed by atoms with Gasteiger partial charge in [0.2, 0.25) is 0 Å². The van der Waals surface area contributed by atoms with Crippen molar-refractivity contribution in [2.24, 2.45) is 0 Å². The molecule has 3 amide bonds. The average Bonchev–Trinajstić information content (AvgIpc) is 2.60. The Labute approximate surface area is 141 Å². The molecule has 0 aliphatic rings. The maximum Gasteiger partial charge on any atom is 0.323 e. The molecule has 0 saturated heterocycles. The minimum Gasteiger partial charge on any atom is -0.385 e. The third kappa shape index (κ3) is 5.40. The van der Waals surface area contributed by atoms with Gasteiger partial charge < -0.3 is 20.7 Å². The molecule has 0 fully saturated rings. The number of hydrogen-bond donors (Lipinski definition) is 3. The van der Waals surface area contributed by atoms with Crippen molar-refractivity contribution in [1.29, 1.82) is 0 Å². The van der Waals surface area contributed by atoms with E-state index in [2.05, 4.69) is 16.0 Å². The molecule has 24 heavy (non-hydrogen) atoms. The lowest BCUT2D eigenvalue weighted by molar-refractivity contribution is 0.0949. The Morgan fingerprint density at radius 1 is 0.958 bits per heavy atom. The van der Waals surface area contributed by atoms with Crippen LogP contribution in [0, 0.1) is 0 Å². The molecule has 6 heteroatoms. The van der Waals surface area contributed by atoms with Crippen LogP contribution < -0.4 is 16.0 Å². The Hall–Kier alpha value is -2.86. The first kappa shape index (κ1) is 17.5. The predicted octanol–water partition coefficient (Wildman–Crippen LogP) is 3.10. The molecular formula is C18H21N3O3. The summed E-state index contributed by atoms with van der Waals surface area (Å²) in [6.07, 6.45) is 0.729. The molecule has 0 unspecified atom stereocenters. The van der Waals surface area contributed by atoms with E-state index in [0.29, 0.717) is 30.1 Å². The fraction of sp³-hybridized carbons (Fsp3) is 0.222. The van der Waals surface area contributed by atoms with Crippen LogP contribution >= 0.6 is 0 Å². The second-order valence-electron chi connectivity index (χ2n) is 5.09. The third-order valence-electron chi connectivity index (χ3n) is 3.26. The summed E-state index contributed by atoms with van der Waals surface area (Å²) < 4.78 is 4.95. The number of rotatable bonds is 7. The van der Waals surface area contributed by atoms with Gasteiger partial charge in [-0.05, 0) is 30.7 Å². The third-order valence-corrected chi connectivity index (χ3v) is 3.26. The summed E-state index contributed by atoms with van der Waals surface area (Å²) in [5, 5.41) is 8.23. The highest BCUT2D eigenvalue weighted by Gasteiger charge is 2.12. The lowest BCUT2D eigenvalue weighted by Crippen LogP contribution is -2.27. The number of methoxy groups -OCH3 is 1. The summed E-state index contributed by atoms with van der Waals surface area (Å²) in [6.45, 7) is 1.09. The van der Waals surface area contributed by atoms with Crippen LogP contribution in [0.25, 0.3) is 0 Å². The lowest BCUT2D eigenvalue weighted by atomic mass is 10.1. The van der Waals surface area contributed by atoms with E-state index in [4.69, 9.17) is 4.74 Å². The van der Waals surface area contributed by atoms with Gasteiger partial charge >= 0.3 is 6.03 Å². The van der Waals surface area contributed by atoms with Crippen LogP contribution in [-0.2, 0) is 4.74 Å². The number of hydrogen-bond acceptors (Lipinski definition) is 3. The largest absolute Gasteiger partial charge is 0.385 e. The Morgan fingerprint density at radius 3 is 2.42 bits per heavy atom. The quantitative estimate of drug-likeness (QED) is 0.684. The molecule has 2 aromatic carbocycles. The SMILES string of the molecule is COCCCNC(=O)c1ccccc1NC(=O)Nc1ccccc1. The van der Waals surface area contributed by atoms with Crippen LogP contribution in [0.15, 0.2) is 54.6 Å². The second kappa shape index (κ2) is 9.32. The highest BCUT2D eigenvalue weighted by atomic mass is 16.5. The smallest absolute Gasteiger partial charge is 0.323 e. The summed E-state index contributed by atoms with van der Waals surface area (Å²) in [6, 6.07) is 15.6. The molecule has 6 nitrogen and oxygen atoms in total. The van der Waals surface area contributed by atoms with E-state index in [0.717, 1.165) is 6.42 Å². The first-order valence-corrected chi connectivity index (χ1v) is 7.70. The van der Waals surface area contributed by atoms with E-state index < -0.39 is 6.03 Å². The second-order valence-corrected chi connectivity index (χ2v) is 5.09. The van der Waals surface area contributed by atoms with Crippen molar-refractivity contribution >= 4 is 23.3 Å². The molecule has 0 aliphatic heterocycles. The van der Waals surface area contributed by atoms with Crippen molar-refractivity contribution in [1.82, 2.24) is 5.32 Å².